The van der Waals surface area contributed by atoms with E-state index in [0.717, 1.165) is 5.69 Å². The molecular formula is C14H18NO2. The van der Waals surface area contributed by atoms with E-state index in [4.69, 9.17) is 4.74 Å². The summed E-state index contributed by atoms with van der Waals surface area (Å²) in [4.78, 5) is 11.6. The summed E-state index contributed by atoms with van der Waals surface area (Å²) in [7, 11) is 0. The van der Waals surface area contributed by atoms with Gasteiger partial charge in [0, 0.05) is 5.69 Å². The molecule has 1 aromatic carbocycles. The van der Waals surface area contributed by atoms with Crippen LogP contribution in [0.5, 0.6) is 0 Å². The highest BCUT2D eigenvalue weighted by molar-refractivity contribution is 5.84. The Morgan fingerprint density at radius 1 is 1.41 bits per heavy atom. The first-order valence-electron chi connectivity index (χ1n) is 5.95. The second-order valence-electron chi connectivity index (χ2n) is 5.46. The largest absolute Gasteiger partial charge is 0.444 e. The van der Waals surface area contributed by atoms with Crippen molar-refractivity contribution in [1.29, 1.82) is 0 Å². The van der Waals surface area contributed by atoms with E-state index in [1.165, 1.54) is 18.4 Å². The van der Waals surface area contributed by atoms with Gasteiger partial charge in [0.1, 0.15) is 5.60 Å². The predicted molar refractivity (Wildman–Crippen MR) is 67.1 cm³/mol. The smallest absolute Gasteiger partial charge is 0.412 e. The van der Waals surface area contributed by atoms with Crippen LogP contribution in [-0.2, 0) is 4.74 Å². The summed E-state index contributed by atoms with van der Waals surface area (Å²) >= 11 is 0. The summed E-state index contributed by atoms with van der Waals surface area (Å²) in [6, 6.07) is 8.79. The lowest BCUT2D eigenvalue weighted by Crippen LogP contribution is -2.27. The Balaban J connectivity index is 1.98. The van der Waals surface area contributed by atoms with Gasteiger partial charge < -0.3 is 4.74 Å². The standard InChI is InChI=1S/C14H18NO2/c1-14(2,3)17-13(16)15-12-6-4-5-11(9-12)10-7-8-10/h5-6,9-10H,7-8H2,1-3H3,(H,15,16). The number of anilines is 1. The third kappa shape index (κ3) is 3.77. The minimum atomic E-state index is -0.470. The zero-order valence-corrected chi connectivity index (χ0v) is 10.5. The molecule has 1 aliphatic carbocycles. The minimum absolute atomic E-state index is 0.418. The summed E-state index contributed by atoms with van der Waals surface area (Å²) in [5.41, 5.74) is 1.53. The van der Waals surface area contributed by atoms with Crippen molar-refractivity contribution in [1.82, 2.24) is 0 Å². The zero-order valence-electron chi connectivity index (χ0n) is 10.5. The zero-order chi connectivity index (χ0) is 12.5. The van der Waals surface area contributed by atoms with Crippen molar-refractivity contribution >= 4 is 11.8 Å². The maximum atomic E-state index is 11.6. The molecule has 1 N–H and O–H groups in total. The van der Waals surface area contributed by atoms with Crippen molar-refractivity contribution in [3.05, 3.63) is 29.8 Å². The quantitative estimate of drug-likeness (QED) is 0.844. The molecule has 0 spiro atoms. The van der Waals surface area contributed by atoms with Gasteiger partial charge in [-0.05, 0) is 63.3 Å². The van der Waals surface area contributed by atoms with Crippen LogP contribution in [0.2, 0.25) is 0 Å². The van der Waals surface area contributed by atoms with Crippen LogP contribution in [0.1, 0.15) is 45.1 Å². The SMILES string of the molecule is CC(C)(C)OC(=O)Nc1c[c]cc(C2CC2)c1. The Kier molecular flexibility index (Phi) is 3.09. The van der Waals surface area contributed by atoms with Gasteiger partial charge in [0.15, 0.2) is 0 Å². The number of ether oxygens (including phenoxy) is 1. The van der Waals surface area contributed by atoms with Crippen LogP contribution < -0.4 is 5.32 Å². The second kappa shape index (κ2) is 4.40. The Morgan fingerprint density at radius 3 is 2.71 bits per heavy atom. The second-order valence-corrected chi connectivity index (χ2v) is 5.46. The van der Waals surface area contributed by atoms with Crippen LogP contribution in [0, 0.1) is 6.07 Å². The molecule has 0 atom stereocenters. The van der Waals surface area contributed by atoms with Crippen LogP contribution in [0.15, 0.2) is 18.2 Å². The molecule has 0 aromatic heterocycles. The van der Waals surface area contributed by atoms with Crippen LogP contribution in [0.25, 0.3) is 0 Å². The average molecular weight is 232 g/mol. The van der Waals surface area contributed by atoms with Gasteiger partial charge in [-0.1, -0.05) is 6.07 Å². The molecule has 17 heavy (non-hydrogen) atoms. The van der Waals surface area contributed by atoms with E-state index in [0.29, 0.717) is 5.92 Å². The number of hydrogen-bond donors (Lipinski definition) is 1. The molecular weight excluding hydrogens is 214 g/mol. The number of carbonyl (C=O) groups is 1. The van der Waals surface area contributed by atoms with Crippen LogP contribution >= 0.6 is 0 Å². The van der Waals surface area contributed by atoms with E-state index in [1.54, 1.807) is 6.07 Å². The first-order chi connectivity index (χ1) is 7.94. The Hall–Kier alpha value is -1.51. The van der Waals surface area contributed by atoms with Gasteiger partial charge in [0.05, 0.1) is 0 Å². The van der Waals surface area contributed by atoms with Gasteiger partial charge in [0.25, 0.3) is 0 Å². The van der Waals surface area contributed by atoms with Crippen molar-refractivity contribution in [3.63, 3.8) is 0 Å². The highest BCUT2D eigenvalue weighted by Crippen LogP contribution is 2.40. The molecule has 1 saturated carbocycles. The molecule has 1 radical (unpaired) electrons. The maximum Gasteiger partial charge on any atom is 0.412 e. The summed E-state index contributed by atoms with van der Waals surface area (Å²) in [6.07, 6.45) is 2.06. The lowest BCUT2D eigenvalue weighted by Gasteiger charge is -2.19. The predicted octanol–water partition coefficient (Wildman–Crippen LogP) is 3.71. The Bertz CT molecular complexity index is 416. The third-order valence-corrected chi connectivity index (χ3v) is 2.51. The van der Waals surface area contributed by atoms with Crippen molar-refractivity contribution < 1.29 is 9.53 Å². The average Bonchev–Trinajstić information content (AvgIpc) is 2.97. The first-order valence-corrected chi connectivity index (χ1v) is 5.95. The molecule has 3 heteroatoms. The summed E-state index contributed by atoms with van der Waals surface area (Å²) in [5.74, 6) is 0.659. The number of carbonyl (C=O) groups excluding carboxylic acids is 1. The van der Waals surface area contributed by atoms with Gasteiger partial charge >= 0.3 is 6.09 Å². The summed E-state index contributed by atoms with van der Waals surface area (Å²) in [6.45, 7) is 5.54. The van der Waals surface area contributed by atoms with Crippen molar-refractivity contribution in [3.8, 4) is 0 Å². The molecule has 0 heterocycles. The molecule has 3 nitrogen and oxygen atoms in total. The fourth-order valence-electron chi connectivity index (χ4n) is 1.64. The van der Waals surface area contributed by atoms with Gasteiger partial charge in [-0.2, -0.15) is 0 Å². The summed E-state index contributed by atoms with van der Waals surface area (Å²) in [5, 5.41) is 2.73. The molecule has 0 aliphatic heterocycles. The molecule has 1 fully saturated rings. The molecule has 0 bridgehead atoms. The lowest BCUT2D eigenvalue weighted by molar-refractivity contribution is 0.0636. The molecule has 1 aliphatic rings. The molecule has 1 aromatic rings. The van der Waals surface area contributed by atoms with Crippen LogP contribution in [-0.4, -0.2) is 11.7 Å². The third-order valence-electron chi connectivity index (χ3n) is 2.51. The lowest BCUT2D eigenvalue weighted by atomic mass is 10.1. The minimum Gasteiger partial charge on any atom is -0.444 e. The van der Waals surface area contributed by atoms with Gasteiger partial charge in [-0.3, -0.25) is 5.32 Å². The number of benzene rings is 1. The Morgan fingerprint density at radius 2 is 2.12 bits per heavy atom. The first kappa shape index (κ1) is 12.0. The number of amides is 1. The number of nitrogens with one attached hydrogen (secondary N) is 1. The molecule has 2 rings (SSSR count). The molecule has 91 valence electrons. The number of rotatable bonds is 2. The highest BCUT2D eigenvalue weighted by Gasteiger charge is 2.23. The molecule has 0 saturated heterocycles. The normalized spacial score (nSPS) is 15.5. The fourth-order valence-corrected chi connectivity index (χ4v) is 1.64. The molecule has 1 amide bonds. The van der Waals surface area contributed by atoms with Crippen molar-refractivity contribution in [2.45, 2.75) is 45.1 Å². The van der Waals surface area contributed by atoms with E-state index >= 15 is 0 Å². The van der Waals surface area contributed by atoms with Gasteiger partial charge in [0.2, 0.25) is 0 Å². The van der Waals surface area contributed by atoms with E-state index in [9.17, 15) is 4.79 Å². The Labute approximate surface area is 102 Å². The monoisotopic (exact) mass is 232 g/mol. The number of hydrogen-bond acceptors (Lipinski definition) is 2. The van der Waals surface area contributed by atoms with E-state index < -0.39 is 11.7 Å². The highest BCUT2D eigenvalue weighted by atomic mass is 16.6. The molecule has 0 unspecified atom stereocenters. The van der Waals surface area contributed by atoms with Crippen molar-refractivity contribution in [2.75, 3.05) is 5.32 Å². The van der Waals surface area contributed by atoms with E-state index in [-0.39, 0.29) is 0 Å². The topological polar surface area (TPSA) is 38.3 Å². The summed E-state index contributed by atoms with van der Waals surface area (Å²) < 4.78 is 5.19. The van der Waals surface area contributed by atoms with Gasteiger partial charge in [-0.15, -0.1) is 0 Å². The van der Waals surface area contributed by atoms with E-state index in [1.807, 2.05) is 32.9 Å². The van der Waals surface area contributed by atoms with Crippen LogP contribution in [0.4, 0.5) is 10.5 Å². The maximum absolute atomic E-state index is 11.6. The fraction of sp³-hybridized carbons (Fsp3) is 0.500. The van der Waals surface area contributed by atoms with E-state index in [2.05, 4.69) is 11.4 Å². The van der Waals surface area contributed by atoms with Crippen LogP contribution in [0.3, 0.4) is 0 Å². The van der Waals surface area contributed by atoms with Gasteiger partial charge in [-0.25, -0.2) is 4.79 Å². The van der Waals surface area contributed by atoms with Crippen molar-refractivity contribution in [2.24, 2.45) is 0 Å².